The lowest BCUT2D eigenvalue weighted by atomic mass is 10.0. The molecule has 0 saturated carbocycles. The van der Waals surface area contributed by atoms with Gasteiger partial charge in [-0.05, 0) is 24.4 Å². The minimum absolute atomic E-state index is 0.147. The lowest BCUT2D eigenvalue weighted by Crippen LogP contribution is -2.52. The largest absolute Gasteiger partial charge is 0.371 e. The summed E-state index contributed by atoms with van der Waals surface area (Å²) in [5.74, 6) is 1.44. The normalized spacial score (nSPS) is 24.8. The van der Waals surface area contributed by atoms with Gasteiger partial charge in [-0.1, -0.05) is 44.2 Å². The Morgan fingerprint density at radius 3 is 2.74 bits per heavy atom. The summed E-state index contributed by atoms with van der Waals surface area (Å²) in [6, 6.07) is 10.5. The fourth-order valence-corrected chi connectivity index (χ4v) is 2.54. The van der Waals surface area contributed by atoms with Crippen LogP contribution in [0, 0.1) is 5.92 Å². The van der Waals surface area contributed by atoms with Crippen LogP contribution in [0.25, 0.3) is 0 Å². The van der Waals surface area contributed by atoms with Gasteiger partial charge in [-0.3, -0.25) is 0 Å². The van der Waals surface area contributed by atoms with E-state index in [2.05, 4.69) is 30.9 Å². The van der Waals surface area contributed by atoms with E-state index >= 15 is 0 Å². The maximum absolute atomic E-state index is 6.18. The molecule has 0 amide bonds. The maximum atomic E-state index is 6.18. The highest BCUT2D eigenvalue weighted by Gasteiger charge is 2.27. The number of hydrogen-bond donors (Lipinski definition) is 1. The second-order valence-electron chi connectivity index (χ2n) is 5.73. The van der Waals surface area contributed by atoms with Crippen LogP contribution in [-0.2, 0) is 11.3 Å². The standard InChI is InChI=1S/C16H25N2O/c1-13(2)10-18-9-8-15(17)16(11-18)19-12-14-6-4-3-5-7-14/h3-7,15-16H,8-12,17H2,1-2H3. The predicted octanol–water partition coefficient (Wildman–Crippen LogP) is 2.22. The first kappa shape index (κ1) is 14.5. The molecule has 1 aliphatic heterocycles. The number of likely N-dealkylation sites (tertiary alicyclic amines) is 1. The first-order chi connectivity index (χ1) is 9.15. The van der Waals surface area contributed by atoms with Crippen LogP contribution in [0.5, 0.6) is 0 Å². The van der Waals surface area contributed by atoms with Gasteiger partial charge in [0.15, 0.2) is 0 Å². The average Bonchev–Trinajstić information content (AvgIpc) is 2.40. The molecule has 1 aliphatic rings. The fraction of sp³-hybridized carbons (Fsp3) is 0.562. The van der Waals surface area contributed by atoms with Crippen molar-refractivity contribution in [2.24, 2.45) is 5.73 Å². The molecular formula is C16H25N2O. The van der Waals surface area contributed by atoms with Crippen LogP contribution < -0.4 is 5.73 Å². The quantitative estimate of drug-likeness (QED) is 0.883. The van der Waals surface area contributed by atoms with Crippen molar-refractivity contribution in [1.82, 2.24) is 4.90 Å². The molecule has 3 nitrogen and oxygen atoms in total. The number of rotatable bonds is 5. The highest BCUT2D eigenvalue weighted by Crippen LogP contribution is 2.16. The van der Waals surface area contributed by atoms with Crippen molar-refractivity contribution in [2.45, 2.75) is 39.0 Å². The molecular weight excluding hydrogens is 236 g/mol. The van der Waals surface area contributed by atoms with Gasteiger partial charge in [0.2, 0.25) is 0 Å². The fourth-order valence-electron chi connectivity index (χ4n) is 2.54. The van der Waals surface area contributed by atoms with Gasteiger partial charge in [-0.2, -0.15) is 0 Å². The molecule has 0 aromatic heterocycles. The van der Waals surface area contributed by atoms with Crippen molar-refractivity contribution in [3.05, 3.63) is 41.8 Å². The van der Waals surface area contributed by atoms with Crippen LogP contribution in [-0.4, -0.2) is 36.7 Å². The number of benzene rings is 1. The summed E-state index contributed by atoms with van der Waals surface area (Å²) in [7, 11) is 0. The van der Waals surface area contributed by atoms with E-state index in [0.717, 1.165) is 26.1 Å². The Morgan fingerprint density at radius 1 is 1.32 bits per heavy atom. The Morgan fingerprint density at radius 2 is 2.05 bits per heavy atom. The molecule has 105 valence electrons. The van der Waals surface area contributed by atoms with E-state index in [1.165, 1.54) is 11.5 Å². The zero-order valence-corrected chi connectivity index (χ0v) is 12.0. The van der Waals surface area contributed by atoms with Crippen molar-refractivity contribution in [3.8, 4) is 0 Å². The Bertz CT molecular complexity index is 366. The molecule has 0 bridgehead atoms. The van der Waals surface area contributed by atoms with Crippen molar-refractivity contribution in [3.63, 3.8) is 0 Å². The summed E-state index contributed by atoms with van der Waals surface area (Å²) in [4.78, 5) is 2.44. The lowest BCUT2D eigenvalue weighted by Gasteiger charge is -2.37. The molecule has 2 N–H and O–H groups in total. The van der Waals surface area contributed by atoms with Crippen molar-refractivity contribution in [1.29, 1.82) is 0 Å². The van der Waals surface area contributed by atoms with Crippen LogP contribution >= 0.6 is 0 Å². The van der Waals surface area contributed by atoms with E-state index < -0.39 is 0 Å². The van der Waals surface area contributed by atoms with Gasteiger partial charge >= 0.3 is 0 Å². The van der Waals surface area contributed by atoms with E-state index in [1.807, 2.05) is 18.2 Å². The van der Waals surface area contributed by atoms with Crippen LogP contribution in [0.4, 0.5) is 0 Å². The van der Waals surface area contributed by atoms with Gasteiger partial charge in [-0.15, -0.1) is 0 Å². The summed E-state index contributed by atoms with van der Waals surface area (Å²) in [6.45, 7) is 8.08. The number of nitrogens with two attached hydrogens (primary N) is 1. The van der Waals surface area contributed by atoms with Crippen LogP contribution in [0.3, 0.4) is 0 Å². The first-order valence-corrected chi connectivity index (χ1v) is 7.07. The molecule has 3 heteroatoms. The highest BCUT2D eigenvalue weighted by atomic mass is 16.5. The molecule has 2 atom stereocenters. The van der Waals surface area contributed by atoms with Crippen molar-refractivity contribution >= 4 is 0 Å². The van der Waals surface area contributed by atoms with Gasteiger partial charge in [-0.25, -0.2) is 0 Å². The molecule has 2 rings (SSSR count). The number of nitrogens with zero attached hydrogens (tertiary/aromatic N) is 1. The van der Waals surface area contributed by atoms with Crippen molar-refractivity contribution in [2.75, 3.05) is 19.6 Å². The lowest BCUT2D eigenvalue weighted by molar-refractivity contribution is -0.0211. The minimum Gasteiger partial charge on any atom is -0.371 e. The summed E-state index contributed by atoms with van der Waals surface area (Å²) in [5.41, 5.74) is 7.39. The zero-order chi connectivity index (χ0) is 13.7. The summed E-state index contributed by atoms with van der Waals surface area (Å²) in [6.07, 6.45) is 1.17. The highest BCUT2D eigenvalue weighted by molar-refractivity contribution is 5.13. The summed E-state index contributed by atoms with van der Waals surface area (Å²) < 4.78 is 6.02. The molecule has 1 radical (unpaired) electrons. The summed E-state index contributed by atoms with van der Waals surface area (Å²) >= 11 is 0. The molecule has 1 aromatic rings. The van der Waals surface area contributed by atoms with E-state index in [9.17, 15) is 0 Å². The SMILES string of the molecule is C[C](C)CN1CCC(N)C(OCc2ccccc2)C1. The molecule has 0 aliphatic carbocycles. The summed E-state index contributed by atoms with van der Waals surface area (Å²) in [5, 5.41) is 0. The van der Waals surface area contributed by atoms with Gasteiger partial charge in [0.05, 0.1) is 12.7 Å². The zero-order valence-electron chi connectivity index (χ0n) is 12.0. The monoisotopic (exact) mass is 261 g/mol. The molecule has 1 saturated heterocycles. The molecule has 2 unspecified atom stereocenters. The van der Waals surface area contributed by atoms with Crippen LogP contribution in [0.1, 0.15) is 25.8 Å². The van der Waals surface area contributed by atoms with Gasteiger partial charge < -0.3 is 15.4 Å². The van der Waals surface area contributed by atoms with Gasteiger partial charge in [0, 0.05) is 19.1 Å². The number of hydrogen-bond acceptors (Lipinski definition) is 3. The van der Waals surface area contributed by atoms with Gasteiger partial charge in [0.25, 0.3) is 0 Å². The second-order valence-corrected chi connectivity index (χ2v) is 5.73. The molecule has 1 aromatic carbocycles. The average molecular weight is 261 g/mol. The van der Waals surface area contributed by atoms with E-state index in [-0.39, 0.29) is 12.1 Å². The first-order valence-electron chi connectivity index (χ1n) is 7.07. The smallest absolute Gasteiger partial charge is 0.0857 e. The maximum Gasteiger partial charge on any atom is 0.0857 e. The third-order valence-corrected chi connectivity index (χ3v) is 3.54. The van der Waals surface area contributed by atoms with Crippen LogP contribution in [0.15, 0.2) is 30.3 Å². The van der Waals surface area contributed by atoms with Gasteiger partial charge in [0.1, 0.15) is 0 Å². The van der Waals surface area contributed by atoms with Crippen LogP contribution in [0.2, 0.25) is 0 Å². The second kappa shape index (κ2) is 7.04. The third-order valence-electron chi connectivity index (χ3n) is 3.54. The van der Waals surface area contributed by atoms with E-state index in [0.29, 0.717) is 6.61 Å². The molecule has 1 heterocycles. The molecule has 0 spiro atoms. The van der Waals surface area contributed by atoms with E-state index in [4.69, 9.17) is 10.5 Å². The third kappa shape index (κ3) is 4.60. The Kier molecular flexibility index (Phi) is 5.37. The molecule has 1 fully saturated rings. The molecule has 19 heavy (non-hydrogen) atoms. The Hall–Kier alpha value is -0.900. The predicted molar refractivity (Wildman–Crippen MR) is 78.6 cm³/mol. The Balaban J connectivity index is 1.83. The van der Waals surface area contributed by atoms with E-state index in [1.54, 1.807) is 0 Å². The van der Waals surface area contributed by atoms with Crippen molar-refractivity contribution < 1.29 is 4.74 Å². The number of piperidine rings is 1. The topological polar surface area (TPSA) is 38.5 Å². The minimum atomic E-state index is 0.147. The Labute approximate surface area is 116 Å². The number of ether oxygens (including phenoxy) is 1.